The summed E-state index contributed by atoms with van der Waals surface area (Å²) in [5, 5.41) is 5.61. The van der Waals surface area contributed by atoms with Crippen molar-refractivity contribution >= 4 is 35.1 Å². The number of carbonyl (C=O) groups is 3. The molecule has 0 unspecified atom stereocenters. The van der Waals surface area contributed by atoms with E-state index in [0.29, 0.717) is 17.1 Å². The van der Waals surface area contributed by atoms with Crippen molar-refractivity contribution in [3.8, 4) is 0 Å². The van der Waals surface area contributed by atoms with Crippen LogP contribution in [0.4, 0.5) is 10.5 Å². The van der Waals surface area contributed by atoms with E-state index in [9.17, 15) is 14.4 Å². The minimum absolute atomic E-state index is 0.343. The molecule has 0 aromatic heterocycles. The Morgan fingerprint density at radius 1 is 1.41 bits per heavy atom. The molecule has 1 saturated heterocycles. The molecule has 118 valence electrons. The number of hydrogen-bond donors (Lipinski definition) is 2. The van der Waals surface area contributed by atoms with Gasteiger partial charge in [0.1, 0.15) is 12.1 Å². The minimum Gasteiger partial charge on any atom is -0.323 e. The first-order valence-electron chi connectivity index (χ1n) is 6.97. The zero-order valence-electron chi connectivity index (χ0n) is 12.7. The minimum atomic E-state index is -0.946. The van der Waals surface area contributed by atoms with Crippen LogP contribution < -0.4 is 10.6 Å². The number of benzene rings is 1. The van der Waals surface area contributed by atoms with E-state index in [1.807, 2.05) is 13.0 Å². The van der Waals surface area contributed by atoms with Crippen LogP contribution in [0, 0.1) is 6.92 Å². The third kappa shape index (κ3) is 3.06. The summed E-state index contributed by atoms with van der Waals surface area (Å²) < 4.78 is 0. The van der Waals surface area contributed by atoms with Gasteiger partial charge in [-0.3, -0.25) is 14.5 Å². The first-order chi connectivity index (χ1) is 10.3. The highest BCUT2D eigenvalue weighted by molar-refractivity contribution is 6.33. The van der Waals surface area contributed by atoms with Crippen molar-refractivity contribution in [1.82, 2.24) is 10.2 Å². The lowest BCUT2D eigenvalue weighted by Gasteiger charge is -2.19. The van der Waals surface area contributed by atoms with Crippen molar-refractivity contribution in [3.63, 3.8) is 0 Å². The number of carbonyl (C=O) groups excluding carboxylic acids is 3. The Kier molecular flexibility index (Phi) is 4.42. The maximum atomic E-state index is 12.2. The molecule has 1 heterocycles. The normalized spacial score (nSPS) is 21.0. The van der Waals surface area contributed by atoms with Crippen molar-refractivity contribution in [3.05, 3.63) is 28.8 Å². The Balaban J connectivity index is 2.06. The van der Waals surface area contributed by atoms with Gasteiger partial charge in [-0.1, -0.05) is 24.6 Å². The van der Waals surface area contributed by atoms with Crippen LogP contribution in [0.1, 0.15) is 25.8 Å². The number of rotatable bonds is 4. The Bertz CT molecular complexity index is 647. The third-order valence-electron chi connectivity index (χ3n) is 3.75. The van der Waals surface area contributed by atoms with E-state index >= 15 is 0 Å². The van der Waals surface area contributed by atoms with E-state index in [-0.39, 0.29) is 6.54 Å². The largest absolute Gasteiger partial charge is 0.325 e. The van der Waals surface area contributed by atoms with Gasteiger partial charge in [0.05, 0.1) is 10.7 Å². The number of anilines is 1. The van der Waals surface area contributed by atoms with Crippen molar-refractivity contribution < 1.29 is 14.4 Å². The van der Waals surface area contributed by atoms with E-state index in [2.05, 4.69) is 10.6 Å². The van der Waals surface area contributed by atoms with Gasteiger partial charge in [-0.2, -0.15) is 0 Å². The molecule has 1 aliphatic heterocycles. The second kappa shape index (κ2) is 5.96. The molecule has 6 nitrogen and oxygen atoms in total. The molecule has 7 heteroatoms. The first-order valence-corrected chi connectivity index (χ1v) is 7.35. The fourth-order valence-corrected chi connectivity index (χ4v) is 2.47. The number of halogens is 1. The lowest BCUT2D eigenvalue weighted by atomic mass is 9.99. The highest BCUT2D eigenvalue weighted by Crippen LogP contribution is 2.23. The molecule has 22 heavy (non-hydrogen) atoms. The van der Waals surface area contributed by atoms with Crippen molar-refractivity contribution in [2.45, 2.75) is 32.7 Å². The lowest BCUT2D eigenvalue weighted by Crippen LogP contribution is -2.44. The van der Waals surface area contributed by atoms with Crippen LogP contribution in [0.3, 0.4) is 0 Å². The fourth-order valence-electron chi connectivity index (χ4n) is 2.19. The zero-order valence-corrected chi connectivity index (χ0v) is 13.5. The van der Waals surface area contributed by atoms with Crippen LogP contribution in [-0.4, -0.2) is 34.8 Å². The second-order valence-corrected chi connectivity index (χ2v) is 5.95. The second-order valence-electron chi connectivity index (χ2n) is 5.54. The highest BCUT2D eigenvalue weighted by Gasteiger charge is 2.46. The average molecular weight is 324 g/mol. The van der Waals surface area contributed by atoms with E-state index in [1.165, 1.54) is 0 Å². The Morgan fingerprint density at radius 3 is 2.64 bits per heavy atom. The maximum absolute atomic E-state index is 12.2. The monoisotopic (exact) mass is 323 g/mol. The molecule has 1 aliphatic rings. The van der Waals surface area contributed by atoms with Crippen molar-refractivity contribution in [2.75, 3.05) is 11.9 Å². The maximum Gasteiger partial charge on any atom is 0.325 e. The lowest BCUT2D eigenvalue weighted by molar-refractivity contribution is -0.133. The van der Waals surface area contributed by atoms with Crippen LogP contribution in [-0.2, 0) is 9.59 Å². The predicted octanol–water partition coefficient (Wildman–Crippen LogP) is 2.31. The van der Waals surface area contributed by atoms with Crippen LogP contribution >= 0.6 is 11.6 Å². The Hall–Kier alpha value is -2.08. The number of aryl methyl sites for hydroxylation is 1. The van der Waals surface area contributed by atoms with Gasteiger partial charge in [-0.25, -0.2) is 4.79 Å². The van der Waals surface area contributed by atoms with E-state index in [0.717, 1.165) is 10.5 Å². The van der Waals surface area contributed by atoms with Gasteiger partial charge < -0.3 is 10.6 Å². The molecule has 0 saturated carbocycles. The Labute approximate surface area is 133 Å². The van der Waals surface area contributed by atoms with Gasteiger partial charge in [0.15, 0.2) is 0 Å². The summed E-state index contributed by atoms with van der Waals surface area (Å²) in [5.74, 6) is -0.875. The number of hydrogen-bond acceptors (Lipinski definition) is 3. The predicted molar refractivity (Wildman–Crippen MR) is 83.8 cm³/mol. The smallest absolute Gasteiger partial charge is 0.323 e. The van der Waals surface area contributed by atoms with Crippen molar-refractivity contribution in [1.29, 1.82) is 0 Å². The molecule has 2 N–H and O–H groups in total. The molecular weight excluding hydrogens is 306 g/mol. The van der Waals surface area contributed by atoms with Crippen LogP contribution in [0.25, 0.3) is 0 Å². The molecule has 1 fully saturated rings. The fraction of sp³-hybridized carbons (Fsp3) is 0.400. The molecule has 0 bridgehead atoms. The third-order valence-corrected chi connectivity index (χ3v) is 4.07. The topological polar surface area (TPSA) is 78.5 Å². The van der Waals surface area contributed by atoms with Gasteiger partial charge in [0.2, 0.25) is 5.91 Å². The summed E-state index contributed by atoms with van der Waals surface area (Å²) in [7, 11) is 0. The number of nitrogens with zero attached hydrogens (tertiary/aromatic N) is 1. The van der Waals surface area contributed by atoms with Gasteiger partial charge in [-0.05, 0) is 38.0 Å². The summed E-state index contributed by atoms with van der Waals surface area (Å²) >= 11 is 6.04. The van der Waals surface area contributed by atoms with Crippen LogP contribution in [0.5, 0.6) is 0 Å². The molecular formula is C15H18ClN3O3. The summed E-state index contributed by atoms with van der Waals surface area (Å²) in [5.41, 5.74) is 0.470. The van der Waals surface area contributed by atoms with Gasteiger partial charge in [0, 0.05) is 0 Å². The van der Waals surface area contributed by atoms with E-state index < -0.39 is 23.4 Å². The molecule has 0 radical (unpaired) electrons. The quantitative estimate of drug-likeness (QED) is 0.835. The van der Waals surface area contributed by atoms with E-state index in [4.69, 9.17) is 11.6 Å². The molecule has 1 aromatic carbocycles. The van der Waals surface area contributed by atoms with Gasteiger partial charge in [-0.15, -0.1) is 0 Å². The van der Waals surface area contributed by atoms with E-state index in [1.54, 1.807) is 26.0 Å². The SMILES string of the molecule is CC[C@@]1(C)NC(=O)N(CC(=O)Nc2ccc(C)cc2Cl)C1=O. The molecule has 0 spiro atoms. The summed E-state index contributed by atoms with van der Waals surface area (Å²) in [6, 6.07) is 4.65. The molecule has 2 rings (SSSR count). The standard InChI is InChI=1S/C15H18ClN3O3/c1-4-15(3)13(21)19(14(22)18-15)8-12(20)17-11-6-5-9(2)7-10(11)16/h5-7H,4,8H2,1-3H3,(H,17,20)(H,18,22)/t15-/m1/s1. The number of urea groups is 1. The number of amides is 4. The number of nitrogens with one attached hydrogen (secondary N) is 2. The molecule has 0 aliphatic carbocycles. The van der Waals surface area contributed by atoms with Gasteiger partial charge >= 0.3 is 6.03 Å². The zero-order chi connectivity index (χ0) is 16.5. The molecule has 4 amide bonds. The average Bonchev–Trinajstić information content (AvgIpc) is 2.66. The highest BCUT2D eigenvalue weighted by atomic mass is 35.5. The van der Waals surface area contributed by atoms with Gasteiger partial charge in [0.25, 0.3) is 5.91 Å². The number of imide groups is 1. The summed E-state index contributed by atoms with van der Waals surface area (Å²) in [6.45, 7) is 4.98. The summed E-state index contributed by atoms with van der Waals surface area (Å²) in [4.78, 5) is 37.0. The molecule has 1 atom stereocenters. The summed E-state index contributed by atoms with van der Waals surface area (Å²) in [6.07, 6.45) is 0.458. The Morgan fingerprint density at radius 2 is 2.09 bits per heavy atom. The van der Waals surface area contributed by atoms with Crippen LogP contribution in [0.2, 0.25) is 5.02 Å². The molecule has 1 aromatic rings. The first kappa shape index (κ1) is 16.3. The van der Waals surface area contributed by atoms with Crippen molar-refractivity contribution in [2.24, 2.45) is 0 Å². The van der Waals surface area contributed by atoms with Crippen LogP contribution in [0.15, 0.2) is 18.2 Å².